The van der Waals surface area contributed by atoms with Gasteiger partial charge in [0.25, 0.3) is 0 Å². The number of ether oxygens (including phenoxy) is 2. The van der Waals surface area contributed by atoms with Gasteiger partial charge in [0.15, 0.2) is 11.8 Å². The van der Waals surface area contributed by atoms with Crippen LogP contribution in [0.2, 0.25) is 0 Å². The Morgan fingerprint density at radius 1 is 1.06 bits per heavy atom. The number of methoxy groups -OCH3 is 1. The molecule has 0 bridgehead atoms. The monoisotopic (exact) mass is 445 g/mol. The van der Waals surface area contributed by atoms with E-state index in [0.717, 1.165) is 23.8 Å². The minimum absolute atomic E-state index is 0.384. The molecule has 0 saturated heterocycles. The number of alkyl carbamates (subject to hydrolysis) is 1. The average molecular weight is 446 g/mol. The van der Waals surface area contributed by atoms with Crippen molar-refractivity contribution in [2.24, 2.45) is 12.0 Å². The maximum Gasteiger partial charge on any atom is 0.407 e. The Kier molecular flexibility index (Phi) is 9.30. The molecular formula is C22H35N7O3. The molecule has 0 aliphatic heterocycles. The third-order valence-electron chi connectivity index (χ3n) is 4.51. The van der Waals surface area contributed by atoms with Crippen molar-refractivity contribution in [1.29, 1.82) is 0 Å². The lowest BCUT2D eigenvalue weighted by atomic mass is 10.1. The topological polar surface area (TPSA) is 115 Å². The van der Waals surface area contributed by atoms with E-state index in [0.29, 0.717) is 32.1 Å². The molecule has 10 heteroatoms. The second-order valence-electron chi connectivity index (χ2n) is 8.27. The highest BCUT2D eigenvalue weighted by atomic mass is 16.6. The predicted octanol–water partition coefficient (Wildman–Crippen LogP) is 1.93. The number of rotatable bonds is 9. The van der Waals surface area contributed by atoms with Gasteiger partial charge in [-0.2, -0.15) is 0 Å². The highest BCUT2D eigenvalue weighted by Crippen LogP contribution is 2.11. The molecule has 0 saturated carbocycles. The lowest BCUT2D eigenvalue weighted by Gasteiger charge is -2.20. The fourth-order valence-electron chi connectivity index (χ4n) is 2.69. The molecule has 2 aromatic rings. The van der Waals surface area contributed by atoms with Crippen LogP contribution in [-0.2, 0) is 24.8 Å². The van der Waals surface area contributed by atoms with Gasteiger partial charge in [0, 0.05) is 26.7 Å². The summed E-state index contributed by atoms with van der Waals surface area (Å²) in [5, 5.41) is 17.5. The first-order valence-electron chi connectivity index (χ1n) is 10.6. The molecule has 1 amide bonds. The molecule has 0 unspecified atom stereocenters. The van der Waals surface area contributed by atoms with E-state index in [1.807, 2.05) is 63.6 Å². The average Bonchev–Trinajstić information content (AvgIpc) is 3.06. The van der Waals surface area contributed by atoms with Crippen LogP contribution in [-0.4, -0.2) is 59.2 Å². The summed E-state index contributed by atoms with van der Waals surface area (Å²) >= 11 is 0. The number of carbonyl (C=O) groups excluding carboxylic acids is 1. The number of hydrogen-bond donors (Lipinski definition) is 3. The van der Waals surface area contributed by atoms with E-state index in [4.69, 9.17) is 9.47 Å². The Morgan fingerprint density at radius 2 is 1.72 bits per heavy atom. The zero-order valence-electron chi connectivity index (χ0n) is 19.9. The van der Waals surface area contributed by atoms with E-state index < -0.39 is 11.7 Å². The van der Waals surface area contributed by atoms with Crippen LogP contribution in [0.1, 0.15) is 38.0 Å². The number of aryl methyl sites for hydroxylation is 1. The molecule has 2 rings (SSSR count). The van der Waals surface area contributed by atoms with Gasteiger partial charge in [-0.05, 0) is 51.8 Å². The fourth-order valence-corrected chi connectivity index (χ4v) is 2.69. The molecule has 0 radical (unpaired) electrons. The molecule has 0 spiro atoms. The molecule has 10 nitrogen and oxygen atoms in total. The van der Waals surface area contributed by atoms with Crippen LogP contribution in [0.15, 0.2) is 29.3 Å². The standard InChI is InChI=1S/C22H35N7O3/c1-16-27-28-19(29(16)5)15-26-20(24-13-14-25-21(30)32-22(2,3)4)23-12-11-17-7-9-18(31-6)10-8-17/h7-10H,11-15H2,1-6H3,(H,25,30)(H2,23,24,26). The van der Waals surface area contributed by atoms with Crippen molar-refractivity contribution in [1.82, 2.24) is 30.7 Å². The summed E-state index contributed by atoms with van der Waals surface area (Å²) < 4.78 is 12.3. The van der Waals surface area contributed by atoms with E-state index in [9.17, 15) is 4.79 Å². The maximum absolute atomic E-state index is 11.8. The van der Waals surface area contributed by atoms with Crippen LogP contribution in [0.3, 0.4) is 0 Å². The number of guanidine groups is 1. The second-order valence-corrected chi connectivity index (χ2v) is 8.27. The highest BCUT2D eigenvalue weighted by molar-refractivity contribution is 5.79. The number of benzene rings is 1. The minimum atomic E-state index is -0.526. The van der Waals surface area contributed by atoms with Gasteiger partial charge in [0.2, 0.25) is 0 Å². The smallest absolute Gasteiger partial charge is 0.407 e. The molecule has 0 fully saturated rings. The van der Waals surface area contributed by atoms with Gasteiger partial charge in [-0.1, -0.05) is 12.1 Å². The van der Waals surface area contributed by atoms with Crippen molar-refractivity contribution in [3.8, 4) is 5.75 Å². The van der Waals surface area contributed by atoms with Gasteiger partial charge in [-0.3, -0.25) is 0 Å². The lowest BCUT2D eigenvalue weighted by molar-refractivity contribution is 0.0529. The molecule has 3 N–H and O–H groups in total. The third kappa shape index (κ3) is 8.83. The van der Waals surface area contributed by atoms with Crippen molar-refractivity contribution in [3.63, 3.8) is 0 Å². The zero-order valence-corrected chi connectivity index (χ0v) is 19.9. The third-order valence-corrected chi connectivity index (χ3v) is 4.51. The number of nitrogens with one attached hydrogen (secondary N) is 3. The van der Waals surface area contributed by atoms with Crippen LogP contribution in [0.5, 0.6) is 5.75 Å². The van der Waals surface area contributed by atoms with E-state index in [2.05, 4.69) is 31.1 Å². The number of amides is 1. The summed E-state index contributed by atoms with van der Waals surface area (Å²) in [7, 11) is 3.57. The van der Waals surface area contributed by atoms with Crippen molar-refractivity contribution in [2.45, 2.75) is 46.3 Å². The van der Waals surface area contributed by atoms with Crippen molar-refractivity contribution in [2.75, 3.05) is 26.7 Å². The van der Waals surface area contributed by atoms with Gasteiger partial charge in [-0.15, -0.1) is 10.2 Å². The Hall–Kier alpha value is -3.30. The van der Waals surface area contributed by atoms with E-state index in [1.54, 1.807) is 7.11 Å². The SMILES string of the molecule is COc1ccc(CCNC(=NCc2nnc(C)n2C)NCCNC(=O)OC(C)(C)C)cc1. The molecule has 0 aliphatic carbocycles. The van der Waals surface area contributed by atoms with E-state index in [1.165, 1.54) is 5.56 Å². The fraction of sp³-hybridized carbons (Fsp3) is 0.545. The maximum atomic E-state index is 11.8. The normalized spacial score (nSPS) is 11.8. The molecule has 1 aromatic carbocycles. The predicted molar refractivity (Wildman–Crippen MR) is 124 cm³/mol. The Labute approximate surface area is 189 Å². The van der Waals surface area contributed by atoms with Crippen LogP contribution >= 0.6 is 0 Å². The van der Waals surface area contributed by atoms with Gasteiger partial charge in [0.05, 0.1) is 7.11 Å². The van der Waals surface area contributed by atoms with E-state index in [-0.39, 0.29) is 0 Å². The second kappa shape index (κ2) is 11.9. The summed E-state index contributed by atoms with van der Waals surface area (Å²) in [5.41, 5.74) is 0.662. The van der Waals surface area contributed by atoms with Crippen molar-refractivity contribution >= 4 is 12.1 Å². The number of hydrogen-bond acceptors (Lipinski definition) is 6. The molecule has 0 aliphatic rings. The Morgan fingerprint density at radius 3 is 2.31 bits per heavy atom. The molecular weight excluding hydrogens is 410 g/mol. The van der Waals surface area contributed by atoms with Gasteiger partial charge in [0.1, 0.15) is 23.7 Å². The summed E-state index contributed by atoms with van der Waals surface area (Å²) in [6.45, 7) is 9.35. The summed E-state index contributed by atoms with van der Waals surface area (Å²) in [6.07, 6.45) is 0.379. The largest absolute Gasteiger partial charge is 0.497 e. The van der Waals surface area contributed by atoms with Gasteiger partial charge in [-0.25, -0.2) is 9.79 Å². The quantitative estimate of drug-likeness (QED) is 0.307. The summed E-state index contributed by atoms with van der Waals surface area (Å²) in [5.74, 6) is 3.07. The van der Waals surface area contributed by atoms with Crippen LogP contribution in [0, 0.1) is 6.92 Å². The lowest BCUT2D eigenvalue weighted by Crippen LogP contribution is -2.43. The number of aromatic nitrogens is 3. The Bertz CT molecular complexity index is 886. The van der Waals surface area contributed by atoms with Crippen LogP contribution in [0.25, 0.3) is 0 Å². The molecule has 1 aromatic heterocycles. The number of aliphatic imine (C=N–C) groups is 1. The number of carbonyl (C=O) groups is 1. The van der Waals surface area contributed by atoms with Crippen LogP contribution < -0.4 is 20.7 Å². The molecule has 0 atom stereocenters. The first kappa shape index (κ1) is 25.0. The zero-order chi connectivity index (χ0) is 23.6. The highest BCUT2D eigenvalue weighted by Gasteiger charge is 2.15. The first-order valence-corrected chi connectivity index (χ1v) is 10.6. The first-order chi connectivity index (χ1) is 15.2. The summed E-state index contributed by atoms with van der Waals surface area (Å²) in [6, 6.07) is 7.97. The molecule has 1 heterocycles. The van der Waals surface area contributed by atoms with E-state index >= 15 is 0 Å². The molecule has 176 valence electrons. The van der Waals surface area contributed by atoms with Gasteiger partial charge >= 0.3 is 6.09 Å². The minimum Gasteiger partial charge on any atom is -0.497 e. The Balaban J connectivity index is 1.89. The van der Waals surface area contributed by atoms with Crippen molar-refractivity contribution in [3.05, 3.63) is 41.5 Å². The van der Waals surface area contributed by atoms with Crippen LogP contribution in [0.4, 0.5) is 4.79 Å². The van der Waals surface area contributed by atoms with Gasteiger partial charge < -0.3 is 30.0 Å². The summed E-state index contributed by atoms with van der Waals surface area (Å²) in [4.78, 5) is 16.4. The van der Waals surface area contributed by atoms with Crippen molar-refractivity contribution < 1.29 is 14.3 Å². The molecule has 32 heavy (non-hydrogen) atoms. The number of nitrogens with zero attached hydrogens (tertiary/aromatic N) is 4.